The summed E-state index contributed by atoms with van der Waals surface area (Å²) >= 11 is 0. The number of halogens is 3. The molecule has 0 spiro atoms. The lowest BCUT2D eigenvalue weighted by atomic mass is 10.2. The van der Waals surface area contributed by atoms with Crippen LogP contribution in [0.15, 0.2) is 18.2 Å². The van der Waals surface area contributed by atoms with Gasteiger partial charge in [-0.15, -0.1) is 0 Å². The second-order valence-corrected chi connectivity index (χ2v) is 5.05. The highest BCUT2D eigenvalue weighted by molar-refractivity contribution is 7.90. The summed E-state index contributed by atoms with van der Waals surface area (Å²) < 4.78 is 61.1. The van der Waals surface area contributed by atoms with Gasteiger partial charge in [0.25, 0.3) is 10.2 Å². The van der Waals surface area contributed by atoms with Crippen molar-refractivity contribution in [1.29, 1.82) is 0 Å². The number of carboxylic acid groups (broad SMARTS) is 1. The molecule has 0 saturated carbocycles. The maximum atomic E-state index is 11.9. The van der Waals surface area contributed by atoms with Crippen LogP contribution in [-0.4, -0.2) is 37.3 Å². The average Bonchev–Trinajstić information content (AvgIpc) is 2.28. The van der Waals surface area contributed by atoms with Crippen LogP contribution >= 0.6 is 0 Å². The van der Waals surface area contributed by atoms with Crippen LogP contribution in [0.25, 0.3) is 0 Å². The topological polar surface area (TPSA) is 116 Å². The summed E-state index contributed by atoms with van der Waals surface area (Å²) in [7, 11) is -4.61. The molecule has 0 aromatic heterocycles. The van der Waals surface area contributed by atoms with Gasteiger partial charge in [0.15, 0.2) is 5.75 Å². The number of hydrogen-bond acceptors (Lipinski definition) is 4. The fourth-order valence-corrected chi connectivity index (χ4v) is 2.04. The number of nitrogens with one attached hydrogen (secondary N) is 2. The number of carboxylic acids is 1. The van der Waals surface area contributed by atoms with Crippen LogP contribution in [0.5, 0.6) is 5.75 Å². The number of anilines is 1. The van der Waals surface area contributed by atoms with Gasteiger partial charge in [-0.25, -0.2) is 4.79 Å². The van der Waals surface area contributed by atoms with Crippen LogP contribution in [0.4, 0.5) is 18.9 Å². The Morgan fingerprint density at radius 1 is 1.30 bits per heavy atom. The number of hydrogen-bond donors (Lipinski definition) is 4. The Morgan fingerprint density at radius 3 is 2.40 bits per heavy atom. The Balaban J connectivity index is 2.93. The highest BCUT2D eigenvalue weighted by atomic mass is 32.2. The first-order valence-corrected chi connectivity index (χ1v) is 6.39. The van der Waals surface area contributed by atoms with E-state index in [0.29, 0.717) is 0 Å². The minimum absolute atomic E-state index is 0.556. The lowest BCUT2D eigenvalue weighted by molar-refractivity contribution is -0.121. The molecule has 1 rings (SSSR count). The summed E-state index contributed by atoms with van der Waals surface area (Å²) in [5, 5.41) is 18.2. The highest BCUT2D eigenvalue weighted by Crippen LogP contribution is 2.28. The normalized spacial score (nSPS) is 12.2. The Bertz CT molecular complexity index is 614. The van der Waals surface area contributed by atoms with E-state index in [1.165, 1.54) is 4.72 Å². The Labute approximate surface area is 111 Å². The number of phenols is 1. The monoisotopic (exact) mass is 314 g/mol. The van der Waals surface area contributed by atoms with E-state index in [4.69, 9.17) is 5.11 Å². The summed E-state index contributed by atoms with van der Waals surface area (Å²) in [6.45, 7) is -1.80. The second kappa shape index (κ2) is 5.54. The first kappa shape index (κ1) is 16.0. The van der Waals surface area contributed by atoms with Crippen molar-refractivity contribution in [3.63, 3.8) is 0 Å². The first-order chi connectivity index (χ1) is 9.02. The molecule has 0 aliphatic carbocycles. The predicted octanol–water partition coefficient (Wildman–Crippen LogP) is 0.899. The third kappa shape index (κ3) is 4.59. The van der Waals surface area contributed by atoms with Gasteiger partial charge in [-0.3, -0.25) is 4.72 Å². The van der Waals surface area contributed by atoms with Gasteiger partial charge < -0.3 is 10.2 Å². The third-order valence-corrected chi connectivity index (χ3v) is 2.99. The summed E-state index contributed by atoms with van der Waals surface area (Å²) in [5.41, 5.74) is -1.15. The number of aromatic carboxylic acids is 1. The fraction of sp³-hybridized carbons (Fsp3) is 0.222. The molecule has 0 fully saturated rings. The molecule has 0 saturated heterocycles. The maximum Gasteiger partial charge on any atom is 0.402 e. The van der Waals surface area contributed by atoms with E-state index in [1.807, 2.05) is 0 Å². The molecular formula is C9H9F3N2O5S. The standard InChI is InChI=1S/C9H9F3N2O5S/c10-9(11,12)4-13-20(18,19)14-6-3-1-2-5(7(6)15)8(16)17/h1-3,13-15H,4H2,(H,16,17). The highest BCUT2D eigenvalue weighted by Gasteiger charge is 2.29. The van der Waals surface area contributed by atoms with Crippen LogP contribution in [0, 0.1) is 0 Å². The fourth-order valence-electron chi connectivity index (χ4n) is 1.16. The molecule has 1 aromatic rings. The number of para-hydroxylation sites is 1. The van der Waals surface area contributed by atoms with E-state index in [0.717, 1.165) is 18.2 Å². The van der Waals surface area contributed by atoms with Crippen molar-refractivity contribution in [1.82, 2.24) is 4.72 Å². The second-order valence-electron chi connectivity index (χ2n) is 3.55. The van der Waals surface area contributed by atoms with Crippen LogP contribution < -0.4 is 9.44 Å². The summed E-state index contributed by atoms with van der Waals surface area (Å²) in [6.07, 6.45) is -4.75. The van der Waals surface area contributed by atoms with E-state index in [1.54, 1.807) is 4.72 Å². The SMILES string of the molecule is O=C(O)c1cccc(NS(=O)(=O)NCC(F)(F)F)c1O. The van der Waals surface area contributed by atoms with E-state index in [9.17, 15) is 31.5 Å². The van der Waals surface area contributed by atoms with E-state index < -0.39 is 45.9 Å². The smallest absolute Gasteiger partial charge is 0.402 e. The molecular weight excluding hydrogens is 305 g/mol. The third-order valence-electron chi connectivity index (χ3n) is 1.97. The number of aromatic hydroxyl groups is 1. The maximum absolute atomic E-state index is 11.9. The number of alkyl halides is 3. The summed E-state index contributed by atoms with van der Waals surface area (Å²) in [6, 6.07) is 3.11. The van der Waals surface area contributed by atoms with Crippen molar-refractivity contribution in [2.75, 3.05) is 11.3 Å². The first-order valence-electron chi connectivity index (χ1n) is 4.91. The van der Waals surface area contributed by atoms with Crippen molar-refractivity contribution in [3.8, 4) is 5.75 Å². The minimum Gasteiger partial charge on any atom is -0.505 e. The lowest BCUT2D eigenvalue weighted by Crippen LogP contribution is -2.37. The predicted molar refractivity (Wildman–Crippen MR) is 61.7 cm³/mol. The lowest BCUT2D eigenvalue weighted by Gasteiger charge is -2.12. The van der Waals surface area contributed by atoms with Gasteiger partial charge >= 0.3 is 12.1 Å². The van der Waals surface area contributed by atoms with Gasteiger partial charge in [0, 0.05) is 0 Å². The molecule has 20 heavy (non-hydrogen) atoms. The molecule has 0 aliphatic rings. The molecule has 0 heterocycles. The number of rotatable bonds is 5. The quantitative estimate of drug-likeness (QED) is 0.603. The van der Waals surface area contributed by atoms with Crippen LogP contribution in [0.1, 0.15) is 10.4 Å². The van der Waals surface area contributed by atoms with E-state index in [-0.39, 0.29) is 0 Å². The van der Waals surface area contributed by atoms with Gasteiger partial charge in [-0.2, -0.15) is 26.3 Å². The van der Waals surface area contributed by atoms with Crippen LogP contribution in [0.2, 0.25) is 0 Å². The average molecular weight is 314 g/mol. The van der Waals surface area contributed by atoms with Crippen molar-refractivity contribution in [2.24, 2.45) is 0 Å². The molecule has 112 valence electrons. The van der Waals surface area contributed by atoms with Gasteiger partial charge in [-0.1, -0.05) is 6.07 Å². The van der Waals surface area contributed by atoms with Gasteiger partial charge in [0.2, 0.25) is 0 Å². The van der Waals surface area contributed by atoms with Gasteiger partial charge in [-0.05, 0) is 12.1 Å². The Morgan fingerprint density at radius 2 is 1.90 bits per heavy atom. The zero-order valence-corrected chi connectivity index (χ0v) is 10.4. The molecule has 0 unspecified atom stereocenters. The molecule has 0 radical (unpaired) electrons. The zero-order chi connectivity index (χ0) is 15.6. The largest absolute Gasteiger partial charge is 0.505 e. The summed E-state index contributed by atoms with van der Waals surface area (Å²) in [4.78, 5) is 10.7. The van der Waals surface area contributed by atoms with Crippen molar-refractivity contribution < 1.29 is 36.6 Å². The molecule has 7 nitrogen and oxygen atoms in total. The zero-order valence-electron chi connectivity index (χ0n) is 9.60. The Kier molecular flexibility index (Phi) is 4.45. The summed E-state index contributed by atoms with van der Waals surface area (Å²) in [5.74, 6) is -2.43. The molecule has 0 aliphatic heterocycles. The molecule has 0 atom stereocenters. The molecule has 0 bridgehead atoms. The molecule has 1 aromatic carbocycles. The van der Waals surface area contributed by atoms with Crippen LogP contribution in [-0.2, 0) is 10.2 Å². The molecule has 4 N–H and O–H groups in total. The van der Waals surface area contributed by atoms with Crippen LogP contribution in [0.3, 0.4) is 0 Å². The van der Waals surface area contributed by atoms with Crippen molar-refractivity contribution >= 4 is 21.9 Å². The molecule has 0 amide bonds. The van der Waals surface area contributed by atoms with Crippen molar-refractivity contribution in [3.05, 3.63) is 23.8 Å². The van der Waals surface area contributed by atoms with Crippen molar-refractivity contribution in [2.45, 2.75) is 6.18 Å². The minimum atomic E-state index is -4.75. The number of carbonyl (C=O) groups is 1. The van der Waals surface area contributed by atoms with Gasteiger partial charge in [0.1, 0.15) is 12.1 Å². The van der Waals surface area contributed by atoms with E-state index >= 15 is 0 Å². The van der Waals surface area contributed by atoms with Gasteiger partial charge in [0.05, 0.1) is 5.69 Å². The number of benzene rings is 1. The molecule has 11 heteroatoms. The van der Waals surface area contributed by atoms with E-state index in [2.05, 4.69) is 0 Å². The Hall–Kier alpha value is -2.01.